The smallest absolute Gasteiger partial charge is 0.160 e. The Hall–Kier alpha value is -6.19. The van der Waals surface area contributed by atoms with E-state index in [4.69, 9.17) is 9.97 Å². The van der Waals surface area contributed by atoms with Crippen molar-refractivity contribution in [2.24, 2.45) is 0 Å². The topological polar surface area (TPSA) is 38.7 Å². The van der Waals surface area contributed by atoms with Gasteiger partial charge in [-0.3, -0.25) is 4.98 Å². The first-order chi connectivity index (χ1) is 24.0. The molecule has 0 amide bonds. The maximum Gasteiger partial charge on any atom is 0.160 e. The summed E-state index contributed by atoms with van der Waals surface area (Å²) in [6.45, 7) is 4.70. The van der Waals surface area contributed by atoms with Gasteiger partial charge < -0.3 is 0 Å². The van der Waals surface area contributed by atoms with Crippen molar-refractivity contribution in [3.63, 3.8) is 0 Å². The van der Waals surface area contributed by atoms with Crippen LogP contribution in [0, 0.1) is 0 Å². The molecule has 0 atom stereocenters. The van der Waals surface area contributed by atoms with E-state index in [1.165, 1.54) is 44.2 Å². The fourth-order valence-corrected chi connectivity index (χ4v) is 7.37. The SMILES string of the molecule is CC1(C)c2cc(-c3cccc(-c4cc(-c5ccccc5)nc(-c5ccc(-c6cccnc6)cc5)n4)c3)ccc2-c2c1ccc1ccccc21. The largest absolute Gasteiger partial charge is 0.264 e. The minimum atomic E-state index is -0.0962. The van der Waals surface area contributed by atoms with Gasteiger partial charge in [0.05, 0.1) is 11.4 Å². The van der Waals surface area contributed by atoms with Crippen LogP contribution >= 0.6 is 0 Å². The molecule has 0 spiro atoms. The van der Waals surface area contributed by atoms with Gasteiger partial charge in [-0.1, -0.05) is 141 Å². The second-order valence-corrected chi connectivity index (χ2v) is 13.3. The first-order valence-corrected chi connectivity index (χ1v) is 16.8. The molecule has 0 saturated heterocycles. The quantitative estimate of drug-likeness (QED) is 0.191. The van der Waals surface area contributed by atoms with Crippen LogP contribution in [0.5, 0.6) is 0 Å². The lowest BCUT2D eigenvalue weighted by atomic mass is 9.81. The lowest BCUT2D eigenvalue weighted by molar-refractivity contribution is 0.661. The van der Waals surface area contributed by atoms with Gasteiger partial charge in [0.1, 0.15) is 0 Å². The Kier molecular flexibility index (Phi) is 6.80. The fourth-order valence-electron chi connectivity index (χ4n) is 7.37. The number of pyridine rings is 1. The summed E-state index contributed by atoms with van der Waals surface area (Å²) in [5.74, 6) is 0.698. The highest BCUT2D eigenvalue weighted by Crippen LogP contribution is 2.52. The molecule has 9 rings (SSSR count). The van der Waals surface area contributed by atoms with E-state index in [0.29, 0.717) is 5.82 Å². The van der Waals surface area contributed by atoms with Crippen LogP contribution in [0.2, 0.25) is 0 Å². The van der Waals surface area contributed by atoms with E-state index in [1.807, 2.05) is 18.3 Å². The third-order valence-corrected chi connectivity index (χ3v) is 9.99. The maximum atomic E-state index is 5.15. The van der Waals surface area contributed by atoms with E-state index in [0.717, 1.165) is 39.2 Å². The van der Waals surface area contributed by atoms with Crippen molar-refractivity contribution in [3.05, 3.63) is 175 Å². The van der Waals surface area contributed by atoms with Crippen LogP contribution in [0.3, 0.4) is 0 Å². The van der Waals surface area contributed by atoms with Gasteiger partial charge in [0.25, 0.3) is 0 Å². The lowest BCUT2D eigenvalue weighted by Gasteiger charge is -2.22. The Bertz CT molecular complexity index is 2500. The standard InChI is InChI=1S/C46H33N3/c1-46(2)40-24-22-31-10-6-7-16-38(31)44(40)39-23-21-35(27-41(39)46)34-13-8-14-36(26-34)43-28-42(32-11-4-3-5-12-32)48-45(49-43)33-19-17-30(18-20-33)37-15-9-25-47-29-37/h3-29H,1-2H3. The molecule has 2 aromatic heterocycles. The van der Waals surface area contributed by atoms with E-state index in [2.05, 4.69) is 158 Å². The van der Waals surface area contributed by atoms with Gasteiger partial charge in [0, 0.05) is 34.5 Å². The monoisotopic (exact) mass is 627 g/mol. The zero-order valence-corrected chi connectivity index (χ0v) is 27.4. The van der Waals surface area contributed by atoms with Crippen molar-refractivity contribution in [2.75, 3.05) is 0 Å². The van der Waals surface area contributed by atoms with Crippen LogP contribution in [-0.4, -0.2) is 15.0 Å². The van der Waals surface area contributed by atoms with Crippen LogP contribution in [0.25, 0.3) is 78.1 Å². The lowest BCUT2D eigenvalue weighted by Crippen LogP contribution is -2.15. The van der Waals surface area contributed by atoms with Gasteiger partial charge in [-0.15, -0.1) is 0 Å². The molecule has 3 nitrogen and oxygen atoms in total. The molecule has 49 heavy (non-hydrogen) atoms. The predicted octanol–water partition coefficient (Wildman–Crippen LogP) is 11.7. The molecule has 232 valence electrons. The molecule has 0 bridgehead atoms. The summed E-state index contributed by atoms with van der Waals surface area (Å²) in [6.07, 6.45) is 3.68. The number of aromatic nitrogens is 3. The third kappa shape index (κ3) is 5.03. The Labute approximate surface area is 286 Å². The molecule has 8 aromatic rings. The number of hydrogen-bond acceptors (Lipinski definition) is 3. The summed E-state index contributed by atoms with van der Waals surface area (Å²) < 4.78 is 0. The van der Waals surface area contributed by atoms with Gasteiger partial charge in [0.15, 0.2) is 5.82 Å². The molecule has 3 heteroatoms. The van der Waals surface area contributed by atoms with E-state index in [1.54, 1.807) is 6.20 Å². The van der Waals surface area contributed by atoms with E-state index in [9.17, 15) is 0 Å². The van der Waals surface area contributed by atoms with Gasteiger partial charge in [-0.05, 0) is 79.5 Å². The van der Waals surface area contributed by atoms with Crippen LogP contribution < -0.4 is 0 Å². The van der Waals surface area contributed by atoms with E-state index >= 15 is 0 Å². The molecule has 2 heterocycles. The van der Waals surface area contributed by atoms with Crippen molar-refractivity contribution in [1.29, 1.82) is 0 Å². The highest BCUT2D eigenvalue weighted by Gasteiger charge is 2.36. The predicted molar refractivity (Wildman–Crippen MR) is 202 cm³/mol. The summed E-state index contributed by atoms with van der Waals surface area (Å²) in [4.78, 5) is 14.5. The van der Waals surface area contributed by atoms with Crippen LogP contribution in [0.4, 0.5) is 0 Å². The zero-order chi connectivity index (χ0) is 33.0. The van der Waals surface area contributed by atoms with Gasteiger partial charge in [-0.25, -0.2) is 9.97 Å². The van der Waals surface area contributed by atoms with Crippen molar-refractivity contribution >= 4 is 10.8 Å². The Balaban J connectivity index is 1.13. The van der Waals surface area contributed by atoms with Gasteiger partial charge in [0.2, 0.25) is 0 Å². The summed E-state index contributed by atoms with van der Waals surface area (Å²) >= 11 is 0. The second kappa shape index (κ2) is 11.5. The molecule has 0 unspecified atom stereocenters. The summed E-state index contributed by atoms with van der Waals surface area (Å²) in [6, 6.07) is 54.0. The number of hydrogen-bond donors (Lipinski definition) is 0. The highest BCUT2D eigenvalue weighted by molar-refractivity contribution is 6.02. The van der Waals surface area contributed by atoms with Crippen molar-refractivity contribution in [1.82, 2.24) is 15.0 Å². The van der Waals surface area contributed by atoms with Crippen molar-refractivity contribution in [3.8, 4) is 67.3 Å². The molecular formula is C46H33N3. The second-order valence-electron chi connectivity index (χ2n) is 13.3. The number of fused-ring (bicyclic) bond motifs is 5. The van der Waals surface area contributed by atoms with Crippen LogP contribution in [-0.2, 0) is 5.41 Å². The van der Waals surface area contributed by atoms with Gasteiger partial charge in [-0.2, -0.15) is 0 Å². The molecule has 1 aliphatic carbocycles. The third-order valence-electron chi connectivity index (χ3n) is 9.99. The number of benzene rings is 6. The van der Waals surface area contributed by atoms with Crippen LogP contribution in [0.1, 0.15) is 25.0 Å². The normalized spacial score (nSPS) is 12.9. The van der Waals surface area contributed by atoms with Gasteiger partial charge >= 0.3 is 0 Å². The summed E-state index contributed by atoms with van der Waals surface area (Å²) in [5.41, 5.74) is 14.8. The first kappa shape index (κ1) is 29.0. The van der Waals surface area contributed by atoms with Crippen molar-refractivity contribution < 1.29 is 0 Å². The molecule has 0 N–H and O–H groups in total. The zero-order valence-electron chi connectivity index (χ0n) is 27.4. The Morgan fingerprint density at radius 1 is 0.449 bits per heavy atom. The number of nitrogens with zero attached hydrogens (tertiary/aromatic N) is 3. The fraction of sp³-hybridized carbons (Fsp3) is 0.0652. The summed E-state index contributed by atoms with van der Waals surface area (Å²) in [5, 5.41) is 2.60. The molecule has 0 saturated carbocycles. The average molecular weight is 628 g/mol. The maximum absolute atomic E-state index is 5.15. The number of rotatable bonds is 5. The summed E-state index contributed by atoms with van der Waals surface area (Å²) in [7, 11) is 0. The molecular weight excluding hydrogens is 595 g/mol. The van der Waals surface area contributed by atoms with E-state index < -0.39 is 0 Å². The first-order valence-electron chi connectivity index (χ1n) is 16.8. The van der Waals surface area contributed by atoms with Crippen LogP contribution in [0.15, 0.2) is 164 Å². The molecule has 1 aliphatic rings. The Morgan fingerprint density at radius 2 is 1.12 bits per heavy atom. The molecule has 0 radical (unpaired) electrons. The molecule has 6 aromatic carbocycles. The van der Waals surface area contributed by atoms with E-state index in [-0.39, 0.29) is 5.41 Å². The minimum Gasteiger partial charge on any atom is -0.264 e. The molecule has 0 aliphatic heterocycles. The van der Waals surface area contributed by atoms with Crippen molar-refractivity contribution in [2.45, 2.75) is 19.3 Å². The highest BCUT2D eigenvalue weighted by atomic mass is 14.9. The molecule has 0 fully saturated rings. The minimum absolute atomic E-state index is 0.0962. The Morgan fingerprint density at radius 3 is 1.94 bits per heavy atom. The average Bonchev–Trinajstić information content (AvgIpc) is 3.41.